The Bertz CT molecular complexity index is 433. The maximum atomic E-state index is 12.0. The van der Waals surface area contributed by atoms with Crippen molar-refractivity contribution in [1.29, 1.82) is 0 Å². The lowest BCUT2D eigenvalue weighted by atomic mass is 10.1. The summed E-state index contributed by atoms with van der Waals surface area (Å²) >= 11 is 0. The number of carbonyl (C=O) groups is 1. The van der Waals surface area contributed by atoms with E-state index in [1.807, 2.05) is 21.0 Å². The van der Waals surface area contributed by atoms with E-state index in [0.717, 1.165) is 19.4 Å². The number of amides is 1. The first-order chi connectivity index (χ1) is 9.52. The molecule has 0 heterocycles. The van der Waals surface area contributed by atoms with Crippen LogP contribution >= 0.6 is 0 Å². The number of unbranched alkanes of at least 4 members (excludes halogenated alkanes) is 1. The third-order valence-corrected chi connectivity index (χ3v) is 2.82. The summed E-state index contributed by atoms with van der Waals surface area (Å²) in [4.78, 5) is 14.2. The zero-order chi connectivity index (χ0) is 15.0. The van der Waals surface area contributed by atoms with Crippen molar-refractivity contribution in [3.63, 3.8) is 0 Å². The van der Waals surface area contributed by atoms with Crippen LogP contribution in [0.1, 0.15) is 30.1 Å². The van der Waals surface area contributed by atoms with E-state index in [0.29, 0.717) is 30.2 Å². The molecule has 1 rings (SSSR count). The number of carbonyl (C=O) groups excluding carboxylic acids is 1. The molecule has 0 aliphatic heterocycles. The lowest BCUT2D eigenvalue weighted by molar-refractivity contribution is 0.0952. The molecule has 1 aromatic carbocycles. The molecule has 0 spiro atoms. The van der Waals surface area contributed by atoms with Gasteiger partial charge in [-0.15, -0.1) is 0 Å². The summed E-state index contributed by atoms with van der Waals surface area (Å²) in [6.45, 7) is 4.15. The lowest BCUT2D eigenvalue weighted by Gasteiger charge is -2.10. The minimum absolute atomic E-state index is 0.108. The van der Waals surface area contributed by atoms with Crippen molar-refractivity contribution in [3.8, 4) is 5.75 Å². The van der Waals surface area contributed by atoms with Crippen LogP contribution in [-0.4, -0.2) is 44.6 Å². The molecule has 0 radical (unpaired) electrons. The number of anilines is 1. The number of ether oxygens (including phenoxy) is 1. The topological polar surface area (TPSA) is 67.6 Å². The van der Waals surface area contributed by atoms with E-state index < -0.39 is 0 Å². The molecule has 5 heteroatoms. The molecule has 0 atom stereocenters. The number of nitrogens with two attached hydrogens (primary N) is 1. The van der Waals surface area contributed by atoms with Crippen molar-refractivity contribution in [2.45, 2.75) is 19.8 Å². The van der Waals surface area contributed by atoms with Crippen LogP contribution in [0.4, 0.5) is 5.69 Å². The third kappa shape index (κ3) is 5.93. The van der Waals surface area contributed by atoms with Gasteiger partial charge in [0.05, 0.1) is 6.61 Å². The van der Waals surface area contributed by atoms with E-state index in [1.165, 1.54) is 0 Å². The van der Waals surface area contributed by atoms with Gasteiger partial charge in [0.25, 0.3) is 5.91 Å². The van der Waals surface area contributed by atoms with Crippen LogP contribution in [-0.2, 0) is 0 Å². The fourth-order valence-electron chi connectivity index (χ4n) is 1.86. The highest BCUT2D eigenvalue weighted by Crippen LogP contribution is 2.18. The van der Waals surface area contributed by atoms with Crippen LogP contribution in [0.15, 0.2) is 18.2 Å². The second-order valence-corrected chi connectivity index (χ2v) is 4.99. The van der Waals surface area contributed by atoms with Gasteiger partial charge in [0.15, 0.2) is 0 Å². The standard InChI is InChI=1S/C15H25N3O2/c1-4-20-14-10-12(9-13(16)11-14)15(19)17-7-5-6-8-18(2)3/h9-11H,4-8,16H2,1-3H3,(H,17,19). The Morgan fingerprint density at radius 1 is 1.30 bits per heavy atom. The third-order valence-electron chi connectivity index (χ3n) is 2.82. The van der Waals surface area contributed by atoms with E-state index in [4.69, 9.17) is 10.5 Å². The summed E-state index contributed by atoms with van der Waals surface area (Å²) in [6, 6.07) is 5.10. The van der Waals surface area contributed by atoms with Crippen molar-refractivity contribution in [2.75, 3.05) is 39.5 Å². The average molecular weight is 279 g/mol. The maximum absolute atomic E-state index is 12.0. The predicted octanol–water partition coefficient (Wildman–Crippen LogP) is 1.74. The average Bonchev–Trinajstić information content (AvgIpc) is 2.37. The van der Waals surface area contributed by atoms with Gasteiger partial charge in [-0.05, 0) is 52.5 Å². The number of nitrogen functional groups attached to an aromatic ring is 1. The summed E-state index contributed by atoms with van der Waals surface area (Å²) in [5.41, 5.74) is 6.85. The fraction of sp³-hybridized carbons (Fsp3) is 0.533. The van der Waals surface area contributed by atoms with Gasteiger partial charge in [0.2, 0.25) is 0 Å². The maximum Gasteiger partial charge on any atom is 0.251 e. The minimum atomic E-state index is -0.108. The van der Waals surface area contributed by atoms with Crippen LogP contribution in [0.5, 0.6) is 5.75 Å². The van der Waals surface area contributed by atoms with Crippen LogP contribution in [0.3, 0.4) is 0 Å². The SMILES string of the molecule is CCOc1cc(N)cc(C(=O)NCCCCN(C)C)c1. The zero-order valence-electron chi connectivity index (χ0n) is 12.6. The number of hydrogen-bond acceptors (Lipinski definition) is 4. The van der Waals surface area contributed by atoms with Crippen molar-refractivity contribution in [2.24, 2.45) is 0 Å². The Labute approximate surface area is 121 Å². The van der Waals surface area contributed by atoms with Gasteiger partial charge >= 0.3 is 0 Å². The van der Waals surface area contributed by atoms with Crippen molar-refractivity contribution in [3.05, 3.63) is 23.8 Å². The second-order valence-electron chi connectivity index (χ2n) is 4.99. The Balaban J connectivity index is 2.46. The van der Waals surface area contributed by atoms with Crippen molar-refractivity contribution in [1.82, 2.24) is 10.2 Å². The van der Waals surface area contributed by atoms with Gasteiger partial charge in [-0.2, -0.15) is 0 Å². The molecule has 20 heavy (non-hydrogen) atoms. The van der Waals surface area contributed by atoms with Gasteiger partial charge < -0.3 is 20.7 Å². The summed E-state index contributed by atoms with van der Waals surface area (Å²) in [5.74, 6) is 0.522. The smallest absolute Gasteiger partial charge is 0.251 e. The zero-order valence-corrected chi connectivity index (χ0v) is 12.6. The molecule has 0 saturated heterocycles. The minimum Gasteiger partial charge on any atom is -0.494 e. The quantitative estimate of drug-likeness (QED) is 0.562. The molecule has 0 saturated carbocycles. The Morgan fingerprint density at radius 2 is 2.05 bits per heavy atom. The number of nitrogens with one attached hydrogen (secondary N) is 1. The highest BCUT2D eigenvalue weighted by Gasteiger charge is 2.08. The first-order valence-corrected chi connectivity index (χ1v) is 6.99. The summed E-state index contributed by atoms with van der Waals surface area (Å²) in [5, 5.41) is 2.90. The highest BCUT2D eigenvalue weighted by molar-refractivity contribution is 5.95. The summed E-state index contributed by atoms with van der Waals surface area (Å²) in [7, 11) is 4.08. The van der Waals surface area contributed by atoms with E-state index in [1.54, 1.807) is 18.2 Å². The van der Waals surface area contributed by atoms with Crippen LogP contribution in [0.2, 0.25) is 0 Å². The Morgan fingerprint density at radius 3 is 2.70 bits per heavy atom. The molecule has 0 aliphatic rings. The van der Waals surface area contributed by atoms with Gasteiger partial charge in [0, 0.05) is 23.9 Å². The Hall–Kier alpha value is -1.75. The van der Waals surface area contributed by atoms with Crippen LogP contribution in [0, 0.1) is 0 Å². The van der Waals surface area contributed by atoms with E-state index >= 15 is 0 Å². The largest absolute Gasteiger partial charge is 0.494 e. The lowest BCUT2D eigenvalue weighted by Crippen LogP contribution is -2.25. The van der Waals surface area contributed by atoms with Gasteiger partial charge in [-0.3, -0.25) is 4.79 Å². The van der Waals surface area contributed by atoms with Gasteiger partial charge in [-0.1, -0.05) is 0 Å². The number of hydrogen-bond donors (Lipinski definition) is 2. The molecule has 0 fully saturated rings. The molecule has 0 unspecified atom stereocenters. The fourth-order valence-corrected chi connectivity index (χ4v) is 1.86. The first-order valence-electron chi connectivity index (χ1n) is 6.99. The molecule has 1 amide bonds. The van der Waals surface area contributed by atoms with Gasteiger partial charge in [0.1, 0.15) is 5.75 Å². The molecule has 5 nitrogen and oxygen atoms in total. The molecule has 0 aromatic heterocycles. The van der Waals surface area contributed by atoms with E-state index in [2.05, 4.69) is 10.2 Å². The molecule has 112 valence electrons. The van der Waals surface area contributed by atoms with Crippen molar-refractivity contribution < 1.29 is 9.53 Å². The molecular formula is C15H25N3O2. The second kappa shape index (κ2) is 8.43. The molecule has 3 N–H and O–H groups in total. The molecule has 1 aromatic rings. The Kier molecular flexibility index (Phi) is 6.87. The summed E-state index contributed by atoms with van der Waals surface area (Å²) < 4.78 is 5.38. The first kappa shape index (κ1) is 16.3. The van der Waals surface area contributed by atoms with Crippen LogP contribution in [0.25, 0.3) is 0 Å². The number of rotatable bonds is 8. The highest BCUT2D eigenvalue weighted by atomic mass is 16.5. The number of nitrogens with zero attached hydrogens (tertiary/aromatic N) is 1. The van der Waals surface area contributed by atoms with Crippen LogP contribution < -0.4 is 15.8 Å². The molecule has 0 aliphatic carbocycles. The molecule has 0 bridgehead atoms. The van der Waals surface area contributed by atoms with E-state index in [-0.39, 0.29) is 5.91 Å². The van der Waals surface area contributed by atoms with Gasteiger partial charge in [-0.25, -0.2) is 0 Å². The van der Waals surface area contributed by atoms with E-state index in [9.17, 15) is 4.79 Å². The number of benzene rings is 1. The predicted molar refractivity (Wildman–Crippen MR) is 82.1 cm³/mol. The van der Waals surface area contributed by atoms with Crippen molar-refractivity contribution >= 4 is 11.6 Å². The summed E-state index contributed by atoms with van der Waals surface area (Å²) in [6.07, 6.45) is 2.03. The normalized spacial score (nSPS) is 10.6. The monoisotopic (exact) mass is 279 g/mol. The molecular weight excluding hydrogens is 254 g/mol.